The van der Waals surface area contributed by atoms with E-state index in [9.17, 15) is 0 Å². The average molecular weight is 313 g/mol. The Hall–Kier alpha value is -0.690. The van der Waals surface area contributed by atoms with Crippen molar-refractivity contribution in [3.8, 4) is 0 Å². The summed E-state index contributed by atoms with van der Waals surface area (Å²) in [5.41, 5.74) is 1.05. The lowest BCUT2D eigenvalue weighted by molar-refractivity contribution is 0.181. The zero-order valence-corrected chi connectivity index (χ0v) is 14.3. The maximum Gasteiger partial charge on any atom is 0.186 e. The maximum atomic E-state index is 5.28. The van der Waals surface area contributed by atoms with Crippen LogP contribution in [0.3, 0.4) is 0 Å². The second-order valence-corrected chi connectivity index (χ2v) is 6.66. The quantitative estimate of drug-likeness (QED) is 0.718. The van der Waals surface area contributed by atoms with Crippen molar-refractivity contribution >= 4 is 16.5 Å². The molecule has 0 amide bonds. The van der Waals surface area contributed by atoms with Crippen molar-refractivity contribution in [1.29, 1.82) is 0 Å². The number of anilines is 1. The Balaban J connectivity index is 2.18. The smallest absolute Gasteiger partial charge is 0.186 e. The van der Waals surface area contributed by atoms with Gasteiger partial charge in [0, 0.05) is 38.2 Å². The molecule has 1 aromatic heterocycles. The lowest BCUT2D eigenvalue weighted by Gasteiger charge is -2.28. The number of thiazole rings is 1. The summed E-state index contributed by atoms with van der Waals surface area (Å²) in [7, 11) is 5.44. The number of hydrogen-bond acceptors (Lipinski definition) is 6. The van der Waals surface area contributed by atoms with Crippen molar-refractivity contribution in [3.63, 3.8) is 0 Å². The van der Waals surface area contributed by atoms with Gasteiger partial charge in [-0.05, 0) is 32.7 Å². The molecule has 1 atom stereocenters. The molecule has 1 N–H and O–H groups in total. The van der Waals surface area contributed by atoms with Gasteiger partial charge < -0.3 is 19.7 Å². The molecule has 1 heterocycles. The van der Waals surface area contributed by atoms with Gasteiger partial charge in [0.15, 0.2) is 5.13 Å². The van der Waals surface area contributed by atoms with E-state index >= 15 is 0 Å². The van der Waals surface area contributed by atoms with Gasteiger partial charge in [-0.15, -0.1) is 11.3 Å². The minimum absolute atomic E-state index is 0.532. The van der Waals surface area contributed by atoms with Gasteiger partial charge in [0.25, 0.3) is 0 Å². The summed E-state index contributed by atoms with van der Waals surface area (Å²) >= 11 is 1.77. The number of aromatic nitrogens is 1. The second kappa shape index (κ2) is 8.08. The third-order valence-electron chi connectivity index (χ3n) is 3.96. The third kappa shape index (κ3) is 4.39. The van der Waals surface area contributed by atoms with Crippen molar-refractivity contribution in [2.75, 3.05) is 39.3 Å². The van der Waals surface area contributed by atoms with Crippen molar-refractivity contribution in [2.24, 2.45) is 5.92 Å². The van der Waals surface area contributed by atoms with Crippen LogP contribution in [0, 0.1) is 5.92 Å². The molecular weight excluding hydrogens is 286 g/mol. The SMILES string of the molecule is CNCc1sc(N(CCOC)C(C)C2CC2)nc1COC. The van der Waals surface area contributed by atoms with Crippen LogP contribution in [0.4, 0.5) is 5.13 Å². The van der Waals surface area contributed by atoms with Crippen molar-refractivity contribution in [2.45, 2.75) is 39.0 Å². The van der Waals surface area contributed by atoms with Crippen LogP contribution in [0.2, 0.25) is 0 Å². The number of hydrogen-bond donors (Lipinski definition) is 1. The van der Waals surface area contributed by atoms with E-state index in [-0.39, 0.29) is 0 Å². The molecule has 1 fully saturated rings. The topological polar surface area (TPSA) is 46.6 Å². The van der Waals surface area contributed by atoms with Gasteiger partial charge in [-0.2, -0.15) is 0 Å². The number of nitrogens with one attached hydrogen (secondary N) is 1. The standard InChI is InChI=1S/C15H27N3O2S/c1-11(12-5-6-12)18(7-8-19-3)15-17-13(10-20-4)14(21-15)9-16-2/h11-12,16H,5-10H2,1-4H3. The summed E-state index contributed by atoms with van der Waals surface area (Å²) in [6.07, 6.45) is 2.68. The number of methoxy groups -OCH3 is 2. The fraction of sp³-hybridized carbons (Fsp3) is 0.800. The Labute approximate surface area is 131 Å². The molecule has 1 saturated carbocycles. The van der Waals surface area contributed by atoms with Crippen LogP contribution >= 0.6 is 11.3 Å². The molecule has 0 spiro atoms. The highest BCUT2D eigenvalue weighted by Crippen LogP contribution is 2.38. The van der Waals surface area contributed by atoms with Gasteiger partial charge >= 0.3 is 0 Å². The molecule has 0 radical (unpaired) electrons. The van der Waals surface area contributed by atoms with Crippen LogP contribution in [0.5, 0.6) is 0 Å². The predicted octanol–water partition coefficient (Wildman–Crippen LogP) is 2.26. The van der Waals surface area contributed by atoms with Gasteiger partial charge in [-0.3, -0.25) is 0 Å². The van der Waals surface area contributed by atoms with E-state index in [0.29, 0.717) is 12.6 Å². The molecule has 2 rings (SSSR count). The molecule has 6 heteroatoms. The van der Waals surface area contributed by atoms with E-state index in [1.54, 1.807) is 25.6 Å². The lowest BCUT2D eigenvalue weighted by Crippen LogP contribution is -2.37. The van der Waals surface area contributed by atoms with E-state index in [4.69, 9.17) is 14.5 Å². The summed E-state index contributed by atoms with van der Waals surface area (Å²) in [6, 6.07) is 0.532. The maximum absolute atomic E-state index is 5.28. The van der Waals surface area contributed by atoms with Gasteiger partial charge in [0.05, 0.1) is 18.9 Å². The Kier molecular flexibility index (Phi) is 6.41. The van der Waals surface area contributed by atoms with Crippen LogP contribution in [0.1, 0.15) is 30.3 Å². The number of nitrogens with zero attached hydrogens (tertiary/aromatic N) is 2. The molecular formula is C15H27N3O2S. The molecule has 120 valence electrons. The second-order valence-electron chi connectivity index (χ2n) is 5.59. The highest BCUT2D eigenvalue weighted by atomic mass is 32.1. The Bertz CT molecular complexity index is 411. The Morgan fingerprint density at radius 2 is 2.14 bits per heavy atom. The zero-order chi connectivity index (χ0) is 15.2. The Morgan fingerprint density at radius 1 is 1.38 bits per heavy atom. The van der Waals surface area contributed by atoms with Gasteiger partial charge in [-0.1, -0.05) is 0 Å². The summed E-state index contributed by atoms with van der Waals surface area (Å²) < 4.78 is 10.6. The van der Waals surface area contributed by atoms with Crippen molar-refractivity contribution < 1.29 is 9.47 Å². The minimum Gasteiger partial charge on any atom is -0.383 e. The number of rotatable bonds is 10. The van der Waals surface area contributed by atoms with Crippen LogP contribution in [-0.2, 0) is 22.6 Å². The minimum atomic E-state index is 0.532. The van der Waals surface area contributed by atoms with Gasteiger partial charge in [0.1, 0.15) is 0 Å². The fourth-order valence-corrected chi connectivity index (χ4v) is 3.73. The molecule has 0 aromatic carbocycles. The molecule has 0 aliphatic heterocycles. The third-order valence-corrected chi connectivity index (χ3v) is 5.10. The first-order valence-corrected chi connectivity index (χ1v) is 8.40. The van der Waals surface area contributed by atoms with E-state index in [1.807, 2.05) is 7.05 Å². The Morgan fingerprint density at radius 3 is 2.71 bits per heavy atom. The lowest BCUT2D eigenvalue weighted by atomic mass is 10.2. The molecule has 0 bridgehead atoms. The van der Waals surface area contributed by atoms with Crippen LogP contribution in [0.25, 0.3) is 0 Å². The van der Waals surface area contributed by atoms with E-state index in [2.05, 4.69) is 17.1 Å². The van der Waals surface area contributed by atoms with E-state index < -0.39 is 0 Å². The summed E-state index contributed by atoms with van der Waals surface area (Å²) in [5, 5.41) is 4.31. The van der Waals surface area contributed by atoms with Crippen LogP contribution < -0.4 is 10.2 Å². The van der Waals surface area contributed by atoms with Crippen LogP contribution in [0.15, 0.2) is 0 Å². The average Bonchev–Trinajstić information content (AvgIpc) is 3.25. The fourth-order valence-electron chi connectivity index (χ4n) is 2.54. The highest BCUT2D eigenvalue weighted by Gasteiger charge is 2.33. The predicted molar refractivity (Wildman–Crippen MR) is 87.0 cm³/mol. The molecule has 1 aliphatic rings. The highest BCUT2D eigenvalue weighted by molar-refractivity contribution is 7.15. The van der Waals surface area contributed by atoms with Crippen LogP contribution in [-0.4, -0.2) is 45.4 Å². The molecule has 21 heavy (non-hydrogen) atoms. The first kappa shape index (κ1) is 16.7. The van der Waals surface area contributed by atoms with Gasteiger partial charge in [0.2, 0.25) is 0 Å². The van der Waals surface area contributed by atoms with Crippen molar-refractivity contribution in [1.82, 2.24) is 10.3 Å². The zero-order valence-electron chi connectivity index (χ0n) is 13.5. The van der Waals surface area contributed by atoms with Crippen molar-refractivity contribution in [3.05, 3.63) is 10.6 Å². The first-order chi connectivity index (χ1) is 10.2. The largest absolute Gasteiger partial charge is 0.383 e. The molecule has 1 unspecified atom stereocenters. The first-order valence-electron chi connectivity index (χ1n) is 7.59. The number of ether oxygens (including phenoxy) is 2. The normalized spacial score (nSPS) is 16.2. The summed E-state index contributed by atoms with van der Waals surface area (Å²) in [4.78, 5) is 8.50. The molecule has 5 nitrogen and oxygen atoms in total. The molecule has 1 aliphatic carbocycles. The van der Waals surface area contributed by atoms with E-state index in [0.717, 1.165) is 36.4 Å². The van der Waals surface area contributed by atoms with E-state index in [1.165, 1.54) is 17.7 Å². The molecule has 0 saturated heterocycles. The summed E-state index contributed by atoms with van der Waals surface area (Å²) in [5.74, 6) is 0.810. The monoisotopic (exact) mass is 313 g/mol. The summed E-state index contributed by atoms with van der Waals surface area (Å²) in [6.45, 7) is 5.35. The molecule has 1 aromatic rings. The van der Waals surface area contributed by atoms with Gasteiger partial charge in [-0.25, -0.2) is 4.98 Å².